The van der Waals surface area contributed by atoms with Crippen molar-refractivity contribution in [3.05, 3.63) is 28.8 Å². The number of phenolic OH excluding ortho intramolecular Hbond substituents is 1. The molecule has 0 aliphatic carbocycles. The van der Waals surface area contributed by atoms with Crippen LogP contribution in [0.4, 0.5) is 0 Å². The predicted molar refractivity (Wildman–Crippen MR) is 75.5 cm³/mol. The molecule has 1 aliphatic heterocycles. The number of benzene rings is 1. The first-order chi connectivity index (χ1) is 8.50. The Bertz CT molecular complexity index is 458. The highest BCUT2D eigenvalue weighted by atomic mass is 35.5. The van der Waals surface area contributed by atoms with Gasteiger partial charge in [-0.15, -0.1) is 0 Å². The first-order valence-electron chi connectivity index (χ1n) is 5.91. The van der Waals surface area contributed by atoms with E-state index in [2.05, 4.69) is 12.2 Å². The Kier molecular flexibility index (Phi) is 4.07. The standard InChI is InChI=1S/C13H16ClNO2S/c1-13(5-2-6-18-13)8-15-12(17)10-7-9(14)3-4-11(10)16/h3-4,7,16H,2,5-6,8H2,1H3,(H,15,17). The lowest BCUT2D eigenvalue weighted by molar-refractivity contribution is 0.0947. The molecule has 0 aromatic heterocycles. The summed E-state index contributed by atoms with van der Waals surface area (Å²) in [6.07, 6.45) is 2.30. The highest BCUT2D eigenvalue weighted by Crippen LogP contribution is 2.37. The Morgan fingerprint density at radius 2 is 2.39 bits per heavy atom. The molecular weight excluding hydrogens is 270 g/mol. The van der Waals surface area contributed by atoms with Gasteiger partial charge >= 0.3 is 0 Å². The second-order valence-electron chi connectivity index (χ2n) is 4.75. The number of rotatable bonds is 3. The van der Waals surface area contributed by atoms with E-state index in [1.807, 2.05) is 11.8 Å². The number of amides is 1. The van der Waals surface area contributed by atoms with Crippen LogP contribution in [-0.4, -0.2) is 28.1 Å². The van der Waals surface area contributed by atoms with E-state index in [9.17, 15) is 9.90 Å². The molecular formula is C13H16ClNO2S. The third-order valence-corrected chi connectivity index (χ3v) is 4.90. The van der Waals surface area contributed by atoms with Crippen LogP contribution in [0.25, 0.3) is 0 Å². The molecule has 1 fully saturated rings. The van der Waals surface area contributed by atoms with Gasteiger partial charge in [-0.25, -0.2) is 0 Å². The number of carbonyl (C=O) groups excluding carboxylic acids is 1. The average Bonchev–Trinajstić information content (AvgIpc) is 2.77. The van der Waals surface area contributed by atoms with Gasteiger partial charge in [0.2, 0.25) is 0 Å². The zero-order valence-electron chi connectivity index (χ0n) is 10.2. The lowest BCUT2D eigenvalue weighted by Gasteiger charge is -2.22. The Morgan fingerprint density at radius 3 is 3.06 bits per heavy atom. The van der Waals surface area contributed by atoms with E-state index in [1.165, 1.54) is 18.6 Å². The number of phenols is 1. The van der Waals surface area contributed by atoms with Crippen LogP contribution in [0.2, 0.25) is 5.02 Å². The highest BCUT2D eigenvalue weighted by Gasteiger charge is 2.30. The number of carbonyl (C=O) groups is 1. The summed E-state index contributed by atoms with van der Waals surface area (Å²) in [4.78, 5) is 12.0. The Morgan fingerprint density at radius 1 is 1.61 bits per heavy atom. The van der Waals surface area contributed by atoms with Crippen molar-refractivity contribution in [1.82, 2.24) is 5.32 Å². The zero-order chi connectivity index (χ0) is 13.2. The SMILES string of the molecule is CC1(CNC(=O)c2cc(Cl)ccc2O)CCCS1. The normalized spacial score (nSPS) is 23.0. The minimum Gasteiger partial charge on any atom is -0.507 e. The summed E-state index contributed by atoms with van der Waals surface area (Å²) in [6, 6.07) is 4.47. The van der Waals surface area contributed by atoms with Crippen LogP contribution >= 0.6 is 23.4 Å². The summed E-state index contributed by atoms with van der Waals surface area (Å²) in [6.45, 7) is 2.77. The van der Waals surface area contributed by atoms with Crippen LogP contribution in [0.3, 0.4) is 0 Å². The van der Waals surface area contributed by atoms with Crippen molar-refractivity contribution in [2.45, 2.75) is 24.5 Å². The molecule has 2 N–H and O–H groups in total. The van der Waals surface area contributed by atoms with Crippen molar-refractivity contribution in [3.63, 3.8) is 0 Å². The summed E-state index contributed by atoms with van der Waals surface area (Å²) in [5, 5.41) is 13.0. The van der Waals surface area contributed by atoms with Crippen LogP contribution in [0.5, 0.6) is 5.75 Å². The fourth-order valence-electron chi connectivity index (χ4n) is 2.03. The second-order valence-corrected chi connectivity index (χ2v) is 6.87. The van der Waals surface area contributed by atoms with Gasteiger partial charge in [0.1, 0.15) is 5.75 Å². The minimum absolute atomic E-state index is 0.0406. The first-order valence-corrected chi connectivity index (χ1v) is 7.27. The predicted octanol–water partition coefficient (Wildman–Crippen LogP) is 3.06. The maximum Gasteiger partial charge on any atom is 0.255 e. The summed E-state index contributed by atoms with van der Waals surface area (Å²) in [5.41, 5.74) is 0.231. The van der Waals surface area contributed by atoms with E-state index in [0.717, 1.165) is 12.2 Å². The van der Waals surface area contributed by atoms with Crippen LogP contribution in [-0.2, 0) is 0 Å². The lowest BCUT2D eigenvalue weighted by atomic mass is 10.1. The first kappa shape index (κ1) is 13.6. The van der Waals surface area contributed by atoms with E-state index in [-0.39, 0.29) is 22.0 Å². The molecule has 18 heavy (non-hydrogen) atoms. The van der Waals surface area contributed by atoms with Crippen molar-refractivity contribution >= 4 is 29.3 Å². The maximum absolute atomic E-state index is 12.0. The van der Waals surface area contributed by atoms with Gasteiger partial charge in [-0.05, 0) is 43.7 Å². The largest absolute Gasteiger partial charge is 0.507 e. The number of hydrogen-bond acceptors (Lipinski definition) is 3. The van der Waals surface area contributed by atoms with E-state index >= 15 is 0 Å². The fourth-order valence-corrected chi connectivity index (χ4v) is 3.45. The van der Waals surface area contributed by atoms with Crippen molar-refractivity contribution in [2.24, 2.45) is 0 Å². The molecule has 1 aromatic rings. The van der Waals surface area contributed by atoms with Crippen LogP contribution in [0.1, 0.15) is 30.1 Å². The minimum atomic E-state index is -0.274. The van der Waals surface area contributed by atoms with Gasteiger partial charge in [0.15, 0.2) is 0 Å². The van der Waals surface area contributed by atoms with Crippen molar-refractivity contribution < 1.29 is 9.90 Å². The molecule has 1 amide bonds. The number of thioether (sulfide) groups is 1. The molecule has 2 rings (SSSR count). The van der Waals surface area contributed by atoms with Crippen molar-refractivity contribution in [3.8, 4) is 5.75 Å². The van der Waals surface area contributed by atoms with Gasteiger partial charge < -0.3 is 10.4 Å². The third kappa shape index (κ3) is 3.12. The van der Waals surface area contributed by atoms with Crippen LogP contribution in [0, 0.1) is 0 Å². The topological polar surface area (TPSA) is 49.3 Å². The quantitative estimate of drug-likeness (QED) is 0.897. The average molecular weight is 286 g/mol. The van der Waals surface area contributed by atoms with E-state index < -0.39 is 0 Å². The number of halogens is 1. The Labute approximate surface area is 116 Å². The van der Waals surface area contributed by atoms with E-state index in [1.54, 1.807) is 6.07 Å². The number of aromatic hydroxyl groups is 1. The third-order valence-electron chi connectivity index (χ3n) is 3.13. The summed E-state index contributed by atoms with van der Waals surface area (Å²) in [7, 11) is 0. The van der Waals surface area contributed by atoms with Gasteiger partial charge in [-0.2, -0.15) is 11.8 Å². The zero-order valence-corrected chi connectivity index (χ0v) is 11.8. The van der Waals surface area contributed by atoms with Crippen LogP contribution < -0.4 is 5.32 Å². The molecule has 1 heterocycles. The molecule has 0 saturated carbocycles. The molecule has 0 spiro atoms. The molecule has 3 nitrogen and oxygen atoms in total. The molecule has 0 radical (unpaired) electrons. The molecule has 98 valence electrons. The molecule has 0 bridgehead atoms. The van der Waals surface area contributed by atoms with Gasteiger partial charge in [0, 0.05) is 16.3 Å². The van der Waals surface area contributed by atoms with Gasteiger partial charge in [0.25, 0.3) is 5.91 Å². The Hall–Kier alpha value is -0.870. The maximum atomic E-state index is 12.0. The molecule has 1 aliphatic rings. The van der Waals surface area contributed by atoms with Crippen molar-refractivity contribution in [2.75, 3.05) is 12.3 Å². The summed E-state index contributed by atoms with van der Waals surface area (Å²) >= 11 is 7.71. The Balaban J connectivity index is 2.01. The lowest BCUT2D eigenvalue weighted by Crippen LogP contribution is -2.36. The molecule has 5 heteroatoms. The van der Waals surface area contributed by atoms with Gasteiger partial charge in [0.05, 0.1) is 5.56 Å². The van der Waals surface area contributed by atoms with Crippen molar-refractivity contribution in [1.29, 1.82) is 0 Å². The molecule has 1 atom stereocenters. The smallest absolute Gasteiger partial charge is 0.255 e. The van der Waals surface area contributed by atoms with Gasteiger partial charge in [-0.3, -0.25) is 4.79 Å². The second kappa shape index (κ2) is 5.41. The fraction of sp³-hybridized carbons (Fsp3) is 0.462. The molecule has 1 aromatic carbocycles. The number of nitrogens with one attached hydrogen (secondary N) is 1. The molecule has 1 saturated heterocycles. The monoisotopic (exact) mass is 285 g/mol. The van der Waals surface area contributed by atoms with Crippen LogP contribution in [0.15, 0.2) is 18.2 Å². The summed E-state index contributed by atoms with van der Waals surface area (Å²) < 4.78 is 0.115. The van der Waals surface area contributed by atoms with E-state index in [4.69, 9.17) is 11.6 Å². The summed E-state index contributed by atoms with van der Waals surface area (Å²) in [5.74, 6) is 0.833. The highest BCUT2D eigenvalue weighted by molar-refractivity contribution is 8.00. The van der Waals surface area contributed by atoms with E-state index in [0.29, 0.717) is 11.6 Å². The molecule has 1 unspecified atom stereocenters. The van der Waals surface area contributed by atoms with Gasteiger partial charge in [-0.1, -0.05) is 11.6 Å². The number of hydrogen-bond donors (Lipinski definition) is 2.